The first kappa shape index (κ1) is 17.8. The van der Waals surface area contributed by atoms with Crippen LogP contribution >= 0.6 is 0 Å². The van der Waals surface area contributed by atoms with Gasteiger partial charge in [-0.05, 0) is 18.6 Å². The van der Waals surface area contributed by atoms with Gasteiger partial charge in [-0.3, -0.25) is 14.8 Å². The summed E-state index contributed by atoms with van der Waals surface area (Å²) in [6.07, 6.45) is 0.540. The maximum Gasteiger partial charge on any atom is 0.407 e. The molecule has 2 N–H and O–H groups in total. The van der Waals surface area contributed by atoms with Gasteiger partial charge in [0.05, 0.1) is 11.2 Å². The van der Waals surface area contributed by atoms with Crippen LogP contribution in [-0.4, -0.2) is 61.9 Å². The van der Waals surface area contributed by atoms with Crippen molar-refractivity contribution in [1.29, 1.82) is 0 Å². The summed E-state index contributed by atoms with van der Waals surface area (Å²) in [5.41, 5.74) is 0.143. The first-order valence-corrected chi connectivity index (χ1v) is 9.05. The molecule has 0 bridgehead atoms. The number of hydrogen-bond acceptors (Lipinski definition) is 6. The van der Waals surface area contributed by atoms with Crippen molar-refractivity contribution in [3.05, 3.63) is 28.3 Å². The van der Waals surface area contributed by atoms with Gasteiger partial charge in [0, 0.05) is 37.9 Å². The highest BCUT2D eigenvalue weighted by Crippen LogP contribution is 2.30. The number of rotatable bonds is 4. The summed E-state index contributed by atoms with van der Waals surface area (Å²) in [6.45, 7) is 1.71. The highest BCUT2D eigenvalue weighted by molar-refractivity contribution is 7.92. The molecule has 0 saturated carbocycles. The van der Waals surface area contributed by atoms with Gasteiger partial charge in [0.15, 0.2) is 0 Å². The molecule has 11 heteroatoms. The fourth-order valence-electron chi connectivity index (χ4n) is 2.53. The lowest BCUT2D eigenvalue weighted by molar-refractivity contribution is -0.383. The quantitative estimate of drug-likeness (QED) is 0.609. The van der Waals surface area contributed by atoms with Gasteiger partial charge < -0.3 is 14.9 Å². The lowest BCUT2D eigenvalue weighted by atomic mass is 10.2. The molecule has 10 nitrogen and oxygen atoms in total. The summed E-state index contributed by atoms with van der Waals surface area (Å²) in [7, 11) is -3.67. The largest absolute Gasteiger partial charge is 0.465 e. The Morgan fingerprint density at radius 3 is 2.58 bits per heavy atom. The second kappa shape index (κ2) is 6.91. The Hall–Kier alpha value is -2.56. The van der Waals surface area contributed by atoms with Gasteiger partial charge in [-0.1, -0.05) is 0 Å². The summed E-state index contributed by atoms with van der Waals surface area (Å²) in [5.74, 6) is 0. The van der Waals surface area contributed by atoms with Crippen molar-refractivity contribution in [1.82, 2.24) is 4.90 Å². The number of carboxylic acid groups (broad SMARTS) is 1. The maximum absolute atomic E-state index is 11.4. The van der Waals surface area contributed by atoms with Crippen LogP contribution < -0.4 is 9.62 Å². The van der Waals surface area contributed by atoms with E-state index in [9.17, 15) is 23.3 Å². The number of hydrogen-bond donors (Lipinski definition) is 2. The Kier molecular flexibility index (Phi) is 5.12. The normalized spacial score (nSPS) is 15.7. The van der Waals surface area contributed by atoms with Crippen LogP contribution in [0, 0.1) is 10.1 Å². The van der Waals surface area contributed by atoms with Crippen molar-refractivity contribution in [3.8, 4) is 0 Å². The summed E-state index contributed by atoms with van der Waals surface area (Å²) in [6, 6.07) is 4.17. The van der Waals surface area contributed by atoms with Gasteiger partial charge in [0.1, 0.15) is 5.69 Å². The molecule has 2 rings (SSSR count). The van der Waals surface area contributed by atoms with Crippen LogP contribution in [0.3, 0.4) is 0 Å². The van der Waals surface area contributed by atoms with E-state index in [4.69, 9.17) is 5.11 Å². The van der Waals surface area contributed by atoms with Crippen molar-refractivity contribution in [3.63, 3.8) is 0 Å². The van der Waals surface area contributed by atoms with E-state index in [2.05, 4.69) is 4.72 Å². The van der Waals surface area contributed by atoms with Crippen LogP contribution in [0.2, 0.25) is 0 Å². The van der Waals surface area contributed by atoms with Crippen molar-refractivity contribution in [2.75, 3.05) is 42.1 Å². The van der Waals surface area contributed by atoms with E-state index in [0.29, 0.717) is 38.3 Å². The third-order valence-corrected chi connectivity index (χ3v) is 4.19. The molecule has 1 aliphatic rings. The van der Waals surface area contributed by atoms with Gasteiger partial charge in [0.25, 0.3) is 5.69 Å². The van der Waals surface area contributed by atoms with Gasteiger partial charge in [-0.25, -0.2) is 13.2 Å². The highest BCUT2D eigenvalue weighted by atomic mass is 32.2. The molecule has 0 spiro atoms. The van der Waals surface area contributed by atoms with E-state index in [1.54, 1.807) is 0 Å². The minimum Gasteiger partial charge on any atom is -0.465 e. The molecule has 1 aliphatic heterocycles. The number of benzene rings is 1. The van der Waals surface area contributed by atoms with E-state index in [-0.39, 0.29) is 11.4 Å². The molecule has 0 atom stereocenters. The smallest absolute Gasteiger partial charge is 0.407 e. The SMILES string of the molecule is CS(=O)(=O)Nc1cc(N2CCCN(C(=O)O)CC2)ccc1[N+](=O)[O-]. The van der Waals surface area contributed by atoms with Crippen LogP contribution in [0.15, 0.2) is 18.2 Å². The number of amides is 1. The van der Waals surface area contributed by atoms with Crippen LogP contribution in [0.1, 0.15) is 6.42 Å². The Morgan fingerprint density at radius 1 is 1.29 bits per heavy atom. The van der Waals surface area contributed by atoms with Crippen LogP contribution in [0.5, 0.6) is 0 Å². The maximum atomic E-state index is 11.4. The minimum absolute atomic E-state index is 0.112. The van der Waals surface area contributed by atoms with Gasteiger partial charge in [0.2, 0.25) is 10.0 Å². The van der Waals surface area contributed by atoms with Gasteiger partial charge >= 0.3 is 6.09 Å². The molecule has 1 saturated heterocycles. The zero-order valence-electron chi connectivity index (χ0n) is 13.0. The first-order chi connectivity index (χ1) is 11.2. The minimum atomic E-state index is -3.67. The fourth-order valence-corrected chi connectivity index (χ4v) is 3.09. The summed E-state index contributed by atoms with van der Waals surface area (Å²) < 4.78 is 25.0. The summed E-state index contributed by atoms with van der Waals surface area (Å²) >= 11 is 0. The third kappa shape index (κ3) is 4.47. The Labute approximate surface area is 138 Å². The summed E-state index contributed by atoms with van der Waals surface area (Å²) in [5, 5.41) is 20.1. The van der Waals surface area contributed by atoms with Crippen molar-refractivity contribution in [2.45, 2.75) is 6.42 Å². The molecule has 0 radical (unpaired) electrons. The molecule has 0 aliphatic carbocycles. The Morgan fingerprint density at radius 2 is 2.00 bits per heavy atom. The molecule has 1 fully saturated rings. The first-order valence-electron chi connectivity index (χ1n) is 7.16. The lowest BCUT2D eigenvalue weighted by Gasteiger charge is -2.23. The molecule has 0 aromatic heterocycles. The van der Waals surface area contributed by atoms with Gasteiger partial charge in [-0.15, -0.1) is 0 Å². The topological polar surface area (TPSA) is 133 Å². The van der Waals surface area contributed by atoms with E-state index in [0.717, 1.165) is 6.26 Å². The van der Waals surface area contributed by atoms with Crippen LogP contribution in [-0.2, 0) is 10.0 Å². The fraction of sp³-hybridized carbons (Fsp3) is 0.462. The molecule has 1 aromatic rings. The number of carbonyl (C=O) groups is 1. The number of nitro benzene ring substituents is 1. The number of nitrogens with zero attached hydrogens (tertiary/aromatic N) is 3. The predicted molar refractivity (Wildman–Crippen MR) is 88.0 cm³/mol. The van der Waals surface area contributed by atoms with E-state index >= 15 is 0 Å². The zero-order chi connectivity index (χ0) is 17.9. The standard InChI is InChI=1S/C13H18N4O6S/c1-24(22,23)14-11-9-10(3-4-12(11)17(20)21)15-5-2-6-16(8-7-15)13(18)19/h3-4,9,14H,2,5-8H2,1H3,(H,18,19). The number of nitro groups is 1. The zero-order valence-corrected chi connectivity index (χ0v) is 13.8. The summed E-state index contributed by atoms with van der Waals surface area (Å²) in [4.78, 5) is 24.6. The molecule has 132 valence electrons. The number of sulfonamides is 1. The van der Waals surface area contributed by atoms with Crippen molar-refractivity contribution in [2.24, 2.45) is 0 Å². The second-order valence-corrected chi connectivity index (χ2v) is 7.19. The van der Waals surface area contributed by atoms with Crippen molar-refractivity contribution < 1.29 is 23.2 Å². The second-order valence-electron chi connectivity index (χ2n) is 5.44. The molecular weight excluding hydrogens is 340 g/mol. The highest BCUT2D eigenvalue weighted by Gasteiger charge is 2.22. The average Bonchev–Trinajstić information content (AvgIpc) is 2.71. The van der Waals surface area contributed by atoms with Crippen molar-refractivity contribution >= 4 is 33.2 Å². The Bertz CT molecular complexity index is 751. The third-order valence-electron chi connectivity index (χ3n) is 3.60. The molecular formula is C13H18N4O6S. The molecule has 1 amide bonds. The Balaban J connectivity index is 2.29. The molecule has 24 heavy (non-hydrogen) atoms. The monoisotopic (exact) mass is 358 g/mol. The molecule has 1 aromatic carbocycles. The van der Waals surface area contributed by atoms with Gasteiger partial charge in [-0.2, -0.15) is 0 Å². The number of anilines is 2. The van der Waals surface area contributed by atoms with E-state index in [1.165, 1.54) is 23.1 Å². The average molecular weight is 358 g/mol. The van der Waals surface area contributed by atoms with E-state index < -0.39 is 21.0 Å². The number of nitrogens with one attached hydrogen (secondary N) is 1. The molecule has 1 heterocycles. The molecule has 0 unspecified atom stereocenters. The van der Waals surface area contributed by atoms with Crippen LogP contribution in [0.25, 0.3) is 0 Å². The van der Waals surface area contributed by atoms with E-state index in [1.807, 2.05) is 4.90 Å². The lowest BCUT2D eigenvalue weighted by Crippen LogP contribution is -2.34. The predicted octanol–water partition coefficient (Wildman–Crippen LogP) is 1.16. The van der Waals surface area contributed by atoms with Crippen LogP contribution in [0.4, 0.5) is 21.9 Å².